The highest BCUT2D eigenvalue weighted by atomic mass is 16.6. The van der Waals surface area contributed by atoms with Crippen LogP contribution in [0, 0.1) is 0 Å². The number of nitrogens with zero attached hydrogens (tertiary/aromatic N) is 1. The average molecular weight is 257 g/mol. The first-order chi connectivity index (χ1) is 8.31. The molecule has 0 saturated heterocycles. The Balaban J connectivity index is 2.22. The van der Waals surface area contributed by atoms with E-state index in [0.717, 1.165) is 19.4 Å². The average Bonchev–Trinajstić information content (AvgIpc) is 2.18. The molecule has 106 valence electrons. The molecule has 1 aliphatic rings. The van der Waals surface area contributed by atoms with Crippen molar-refractivity contribution >= 4 is 6.09 Å². The fourth-order valence-corrected chi connectivity index (χ4v) is 1.94. The van der Waals surface area contributed by atoms with Gasteiger partial charge in [0.25, 0.3) is 0 Å². The van der Waals surface area contributed by atoms with E-state index in [9.17, 15) is 4.79 Å². The summed E-state index contributed by atoms with van der Waals surface area (Å²) in [7, 11) is 0. The van der Waals surface area contributed by atoms with Crippen LogP contribution in [0.4, 0.5) is 4.79 Å². The summed E-state index contributed by atoms with van der Waals surface area (Å²) in [5, 5.41) is 3.40. The summed E-state index contributed by atoms with van der Waals surface area (Å²) >= 11 is 0. The van der Waals surface area contributed by atoms with Gasteiger partial charge in [0.1, 0.15) is 5.60 Å². The van der Waals surface area contributed by atoms with Gasteiger partial charge < -0.3 is 20.7 Å². The molecule has 0 radical (unpaired) electrons. The van der Waals surface area contributed by atoms with E-state index in [0.29, 0.717) is 25.2 Å². The number of likely N-dealkylation sites (N-methyl/N-ethyl adjacent to an activating group) is 1. The highest BCUT2D eigenvalue weighted by molar-refractivity contribution is 5.68. The van der Waals surface area contributed by atoms with Crippen molar-refractivity contribution in [2.75, 3.05) is 19.6 Å². The third-order valence-corrected chi connectivity index (χ3v) is 3.02. The standard InChI is InChI=1S/C13H27N3O2/c1-5-16(12(17)18-13(2,3)4)7-6-15-11-8-10(14)9-11/h10-11,15H,5-9,14H2,1-4H3. The number of ether oxygens (including phenoxy) is 1. The lowest BCUT2D eigenvalue weighted by Crippen LogP contribution is -2.50. The van der Waals surface area contributed by atoms with Crippen molar-refractivity contribution in [2.45, 2.75) is 58.2 Å². The van der Waals surface area contributed by atoms with Gasteiger partial charge in [0.05, 0.1) is 0 Å². The zero-order valence-corrected chi connectivity index (χ0v) is 12.0. The van der Waals surface area contributed by atoms with Crippen molar-refractivity contribution < 1.29 is 9.53 Å². The molecule has 1 rings (SSSR count). The maximum Gasteiger partial charge on any atom is 0.410 e. The maximum absolute atomic E-state index is 11.9. The zero-order chi connectivity index (χ0) is 13.8. The van der Waals surface area contributed by atoms with Crippen LogP contribution in [0.5, 0.6) is 0 Å². The van der Waals surface area contributed by atoms with Crippen molar-refractivity contribution in [2.24, 2.45) is 5.73 Å². The van der Waals surface area contributed by atoms with Crippen LogP contribution in [0.2, 0.25) is 0 Å². The lowest BCUT2D eigenvalue weighted by molar-refractivity contribution is 0.0259. The molecule has 0 heterocycles. The van der Waals surface area contributed by atoms with Crippen LogP contribution >= 0.6 is 0 Å². The molecule has 1 fully saturated rings. The SMILES string of the molecule is CCN(CCNC1CC(N)C1)C(=O)OC(C)(C)C. The van der Waals surface area contributed by atoms with E-state index in [1.54, 1.807) is 4.90 Å². The highest BCUT2D eigenvalue weighted by Crippen LogP contribution is 2.17. The number of hydrogen-bond acceptors (Lipinski definition) is 4. The fourth-order valence-electron chi connectivity index (χ4n) is 1.94. The number of amides is 1. The van der Waals surface area contributed by atoms with Gasteiger partial charge in [-0.05, 0) is 40.5 Å². The topological polar surface area (TPSA) is 67.6 Å². The first kappa shape index (κ1) is 15.2. The minimum absolute atomic E-state index is 0.239. The van der Waals surface area contributed by atoms with Crippen molar-refractivity contribution in [3.8, 4) is 0 Å². The second kappa shape index (κ2) is 6.38. The van der Waals surface area contributed by atoms with Gasteiger partial charge in [-0.2, -0.15) is 0 Å². The Morgan fingerprint density at radius 2 is 2.06 bits per heavy atom. The van der Waals surface area contributed by atoms with Gasteiger partial charge in [0, 0.05) is 31.7 Å². The van der Waals surface area contributed by atoms with E-state index >= 15 is 0 Å². The number of nitrogens with two attached hydrogens (primary N) is 1. The van der Waals surface area contributed by atoms with E-state index in [1.165, 1.54) is 0 Å². The quantitative estimate of drug-likeness (QED) is 0.779. The minimum Gasteiger partial charge on any atom is -0.444 e. The molecule has 3 N–H and O–H groups in total. The minimum atomic E-state index is -0.432. The molecule has 0 aromatic heterocycles. The number of carbonyl (C=O) groups excluding carboxylic acids is 1. The molecule has 1 aliphatic carbocycles. The fraction of sp³-hybridized carbons (Fsp3) is 0.923. The smallest absolute Gasteiger partial charge is 0.410 e. The second-order valence-corrected chi connectivity index (χ2v) is 5.94. The van der Waals surface area contributed by atoms with E-state index in [4.69, 9.17) is 10.5 Å². The Morgan fingerprint density at radius 1 is 1.44 bits per heavy atom. The predicted molar refractivity (Wildman–Crippen MR) is 72.5 cm³/mol. The van der Waals surface area contributed by atoms with Gasteiger partial charge >= 0.3 is 6.09 Å². The Labute approximate surface area is 110 Å². The Morgan fingerprint density at radius 3 is 2.50 bits per heavy atom. The molecule has 0 atom stereocenters. The molecule has 0 aromatic rings. The second-order valence-electron chi connectivity index (χ2n) is 5.94. The molecule has 1 amide bonds. The highest BCUT2D eigenvalue weighted by Gasteiger charge is 2.25. The molecular formula is C13H27N3O2. The molecular weight excluding hydrogens is 230 g/mol. The number of hydrogen-bond donors (Lipinski definition) is 2. The Bertz CT molecular complexity index is 270. The summed E-state index contributed by atoms with van der Waals surface area (Å²) in [4.78, 5) is 13.6. The lowest BCUT2D eigenvalue weighted by Gasteiger charge is -2.34. The van der Waals surface area contributed by atoms with Crippen molar-refractivity contribution in [3.63, 3.8) is 0 Å². The van der Waals surface area contributed by atoms with Gasteiger partial charge in [-0.25, -0.2) is 4.79 Å². The van der Waals surface area contributed by atoms with Crippen LogP contribution < -0.4 is 11.1 Å². The molecule has 0 bridgehead atoms. The summed E-state index contributed by atoms with van der Waals surface area (Å²) in [6.07, 6.45) is 1.84. The van der Waals surface area contributed by atoms with Crippen molar-refractivity contribution in [1.82, 2.24) is 10.2 Å². The van der Waals surface area contributed by atoms with Gasteiger partial charge in [-0.1, -0.05) is 0 Å². The van der Waals surface area contributed by atoms with Crippen LogP contribution in [-0.4, -0.2) is 48.3 Å². The number of nitrogens with one attached hydrogen (secondary N) is 1. The van der Waals surface area contributed by atoms with E-state index in [2.05, 4.69) is 5.32 Å². The monoisotopic (exact) mass is 257 g/mol. The zero-order valence-electron chi connectivity index (χ0n) is 12.0. The van der Waals surface area contributed by atoms with Crippen molar-refractivity contribution in [3.05, 3.63) is 0 Å². The first-order valence-corrected chi connectivity index (χ1v) is 6.78. The Hall–Kier alpha value is -0.810. The van der Waals surface area contributed by atoms with Crippen LogP contribution in [0.3, 0.4) is 0 Å². The van der Waals surface area contributed by atoms with Crippen molar-refractivity contribution in [1.29, 1.82) is 0 Å². The number of rotatable bonds is 5. The van der Waals surface area contributed by atoms with Crippen LogP contribution in [-0.2, 0) is 4.74 Å². The number of carbonyl (C=O) groups is 1. The molecule has 0 spiro atoms. The van der Waals surface area contributed by atoms with E-state index < -0.39 is 5.60 Å². The van der Waals surface area contributed by atoms with E-state index in [-0.39, 0.29) is 6.09 Å². The lowest BCUT2D eigenvalue weighted by atomic mass is 9.88. The Kier molecular flexibility index (Phi) is 5.41. The summed E-state index contributed by atoms with van der Waals surface area (Å²) < 4.78 is 5.34. The molecule has 0 aromatic carbocycles. The summed E-state index contributed by atoms with van der Waals surface area (Å²) in [5.41, 5.74) is 5.29. The normalized spacial score (nSPS) is 23.4. The van der Waals surface area contributed by atoms with Crippen LogP contribution in [0.1, 0.15) is 40.5 Å². The molecule has 18 heavy (non-hydrogen) atoms. The van der Waals surface area contributed by atoms with Gasteiger partial charge in [-0.15, -0.1) is 0 Å². The van der Waals surface area contributed by atoms with Crippen LogP contribution in [0.25, 0.3) is 0 Å². The largest absolute Gasteiger partial charge is 0.444 e. The van der Waals surface area contributed by atoms with Gasteiger partial charge in [0.15, 0.2) is 0 Å². The van der Waals surface area contributed by atoms with Gasteiger partial charge in [0.2, 0.25) is 0 Å². The molecule has 0 unspecified atom stereocenters. The third-order valence-electron chi connectivity index (χ3n) is 3.02. The summed E-state index contributed by atoms with van der Waals surface area (Å²) in [6, 6.07) is 0.882. The first-order valence-electron chi connectivity index (χ1n) is 6.78. The van der Waals surface area contributed by atoms with Crippen LogP contribution in [0.15, 0.2) is 0 Å². The van der Waals surface area contributed by atoms with E-state index in [1.807, 2.05) is 27.7 Å². The third kappa shape index (κ3) is 5.23. The molecule has 5 heteroatoms. The molecule has 1 saturated carbocycles. The van der Waals surface area contributed by atoms with Gasteiger partial charge in [-0.3, -0.25) is 0 Å². The predicted octanol–water partition coefficient (Wildman–Crippen LogP) is 1.32. The maximum atomic E-state index is 11.9. The molecule has 5 nitrogen and oxygen atoms in total. The summed E-state index contributed by atoms with van der Waals surface area (Å²) in [5.74, 6) is 0. The summed E-state index contributed by atoms with van der Waals surface area (Å²) in [6.45, 7) is 9.75. The molecule has 0 aliphatic heterocycles.